The monoisotopic (exact) mass is 244 g/mol. The van der Waals surface area contributed by atoms with Crippen LogP contribution in [0.15, 0.2) is 42.4 Å². The first-order chi connectivity index (χ1) is 8.33. The molecule has 0 unspecified atom stereocenters. The Morgan fingerprint density at radius 3 is 3.18 bits per heavy atom. The molecule has 0 saturated carbocycles. The first kappa shape index (κ1) is 9.98. The number of benzene rings is 1. The van der Waals surface area contributed by atoms with E-state index in [1.54, 1.807) is 29.2 Å². The van der Waals surface area contributed by atoms with Crippen molar-refractivity contribution in [2.75, 3.05) is 5.32 Å². The van der Waals surface area contributed by atoms with E-state index in [1.807, 2.05) is 18.2 Å². The van der Waals surface area contributed by atoms with Crippen molar-refractivity contribution in [2.24, 2.45) is 0 Å². The zero-order chi connectivity index (χ0) is 11.7. The van der Waals surface area contributed by atoms with Gasteiger partial charge in [-0.1, -0.05) is 0 Å². The van der Waals surface area contributed by atoms with Crippen LogP contribution in [-0.2, 0) is 0 Å². The topological polar surface area (TPSA) is 59.8 Å². The van der Waals surface area contributed by atoms with Gasteiger partial charge in [0.1, 0.15) is 6.33 Å². The molecule has 2 heterocycles. The molecule has 0 spiro atoms. The number of imidazole rings is 1. The van der Waals surface area contributed by atoms with E-state index >= 15 is 0 Å². The van der Waals surface area contributed by atoms with Gasteiger partial charge in [-0.3, -0.25) is 4.57 Å². The number of hydrogen-bond donors (Lipinski definition) is 1. The van der Waals surface area contributed by atoms with E-state index in [2.05, 4.69) is 15.3 Å². The van der Waals surface area contributed by atoms with Crippen LogP contribution in [0.25, 0.3) is 10.2 Å². The van der Waals surface area contributed by atoms with Gasteiger partial charge < -0.3 is 5.32 Å². The fourth-order valence-electron chi connectivity index (χ4n) is 1.50. The van der Waals surface area contributed by atoms with Gasteiger partial charge in [-0.2, -0.15) is 0 Å². The van der Waals surface area contributed by atoms with Crippen molar-refractivity contribution >= 4 is 33.3 Å². The second-order valence-corrected chi connectivity index (χ2v) is 4.32. The SMILES string of the molecule is O=C(Nc1ccc2ncsc2c1)n1ccnc1. The van der Waals surface area contributed by atoms with Crippen LogP contribution in [-0.4, -0.2) is 20.6 Å². The lowest BCUT2D eigenvalue weighted by Crippen LogP contribution is -2.17. The molecule has 0 aliphatic rings. The second-order valence-electron chi connectivity index (χ2n) is 3.43. The zero-order valence-electron chi connectivity index (χ0n) is 8.70. The Bertz CT molecular complexity index is 659. The lowest BCUT2D eigenvalue weighted by Gasteiger charge is -2.04. The molecule has 5 nitrogen and oxygen atoms in total. The molecule has 17 heavy (non-hydrogen) atoms. The lowest BCUT2D eigenvalue weighted by atomic mass is 10.3. The van der Waals surface area contributed by atoms with Gasteiger partial charge in [0.15, 0.2) is 0 Å². The molecule has 0 bridgehead atoms. The predicted octanol–water partition coefficient (Wildman–Crippen LogP) is 2.57. The van der Waals surface area contributed by atoms with Gasteiger partial charge in [0.25, 0.3) is 0 Å². The van der Waals surface area contributed by atoms with Gasteiger partial charge in [0.2, 0.25) is 0 Å². The van der Waals surface area contributed by atoms with Crippen molar-refractivity contribution in [1.29, 1.82) is 0 Å². The van der Waals surface area contributed by atoms with Gasteiger partial charge in [-0.15, -0.1) is 11.3 Å². The first-order valence-electron chi connectivity index (χ1n) is 4.95. The van der Waals surface area contributed by atoms with E-state index in [0.717, 1.165) is 15.9 Å². The molecule has 6 heteroatoms. The van der Waals surface area contributed by atoms with E-state index in [1.165, 1.54) is 10.9 Å². The summed E-state index contributed by atoms with van der Waals surface area (Å²) in [6, 6.07) is 5.39. The Balaban J connectivity index is 1.87. The lowest BCUT2D eigenvalue weighted by molar-refractivity contribution is 0.253. The van der Waals surface area contributed by atoms with Gasteiger partial charge in [-0.25, -0.2) is 14.8 Å². The van der Waals surface area contributed by atoms with Crippen molar-refractivity contribution in [2.45, 2.75) is 0 Å². The van der Waals surface area contributed by atoms with Crippen LogP contribution in [0.5, 0.6) is 0 Å². The highest BCUT2D eigenvalue weighted by atomic mass is 32.1. The highest BCUT2D eigenvalue weighted by Crippen LogP contribution is 2.21. The molecule has 1 amide bonds. The predicted molar refractivity (Wildman–Crippen MR) is 66.3 cm³/mol. The summed E-state index contributed by atoms with van der Waals surface area (Å²) in [6.07, 6.45) is 4.62. The van der Waals surface area contributed by atoms with Gasteiger partial charge in [0, 0.05) is 18.1 Å². The van der Waals surface area contributed by atoms with Crippen LogP contribution in [0.4, 0.5) is 10.5 Å². The Labute approximate surface area is 101 Å². The van der Waals surface area contributed by atoms with Crippen LogP contribution in [0.1, 0.15) is 0 Å². The molecule has 1 N–H and O–H groups in total. The molecule has 3 aromatic rings. The maximum atomic E-state index is 11.7. The maximum Gasteiger partial charge on any atom is 0.331 e. The summed E-state index contributed by atoms with van der Waals surface area (Å²) >= 11 is 1.54. The molecule has 0 aliphatic heterocycles. The van der Waals surface area contributed by atoms with Crippen LogP contribution in [0, 0.1) is 0 Å². The molecular formula is C11H8N4OS. The Morgan fingerprint density at radius 1 is 1.41 bits per heavy atom. The van der Waals surface area contributed by atoms with E-state index in [-0.39, 0.29) is 6.03 Å². The minimum absolute atomic E-state index is 0.230. The Morgan fingerprint density at radius 2 is 2.35 bits per heavy atom. The second kappa shape index (κ2) is 3.99. The average molecular weight is 244 g/mol. The number of thiazole rings is 1. The smallest absolute Gasteiger partial charge is 0.307 e. The number of nitrogens with zero attached hydrogens (tertiary/aromatic N) is 3. The quantitative estimate of drug-likeness (QED) is 0.715. The van der Waals surface area contributed by atoms with Crippen LogP contribution >= 0.6 is 11.3 Å². The molecule has 3 rings (SSSR count). The fraction of sp³-hybridized carbons (Fsp3) is 0. The summed E-state index contributed by atoms with van der Waals surface area (Å²) in [5.41, 5.74) is 3.47. The van der Waals surface area contributed by atoms with Crippen LogP contribution in [0.2, 0.25) is 0 Å². The molecule has 0 atom stereocenters. The molecule has 84 valence electrons. The number of amides is 1. The molecular weight excluding hydrogens is 236 g/mol. The Hall–Kier alpha value is -2.21. The zero-order valence-corrected chi connectivity index (χ0v) is 9.52. The fourth-order valence-corrected chi connectivity index (χ4v) is 2.22. The Kier molecular flexibility index (Phi) is 2.34. The summed E-state index contributed by atoms with van der Waals surface area (Å²) in [4.78, 5) is 19.7. The maximum absolute atomic E-state index is 11.7. The number of nitrogens with one attached hydrogen (secondary N) is 1. The van der Waals surface area contributed by atoms with E-state index in [9.17, 15) is 4.79 Å². The average Bonchev–Trinajstić information content (AvgIpc) is 2.99. The van der Waals surface area contributed by atoms with Crippen molar-refractivity contribution in [3.8, 4) is 0 Å². The summed E-state index contributed by atoms with van der Waals surface area (Å²) in [7, 11) is 0. The van der Waals surface area contributed by atoms with E-state index < -0.39 is 0 Å². The first-order valence-corrected chi connectivity index (χ1v) is 5.83. The van der Waals surface area contributed by atoms with Gasteiger partial charge >= 0.3 is 6.03 Å². The molecule has 2 aromatic heterocycles. The third-order valence-corrected chi connectivity index (χ3v) is 3.11. The number of aromatic nitrogens is 3. The van der Waals surface area contributed by atoms with Crippen molar-refractivity contribution in [1.82, 2.24) is 14.5 Å². The number of carbonyl (C=O) groups excluding carboxylic acids is 1. The molecule has 0 aliphatic carbocycles. The van der Waals surface area contributed by atoms with Crippen molar-refractivity contribution in [3.63, 3.8) is 0 Å². The molecule has 0 radical (unpaired) electrons. The summed E-state index contributed by atoms with van der Waals surface area (Å²) in [6.45, 7) is 0. The van der Waals surface area contributed by atoms with Gasteiger partial charge in [-0.05, 0) is 18.2 Å². The molecule has 0 saturated heterocycles. The highest BCUT2D eigenvalue weighted by molar-refractivity contribution is 7.16. The van der Waals surface area contributed by atoms with Crippen molar-refractivity contribution < 1.29 is 4.79 Å². The number of fused-ring (bicyclic) bond motifs is 1. The minimum atomic E-state index is -0.230. The van der Waals surface area contributed by atoms with Crippen molar-refractivity contribution in [3.05, 3.63) is 42.4 Å². The van der Waals surface area contributed by atoms with Crippen LogP contribution in [0.3, 0.4) is 0 Å². The normalized spacial score (nSPS) is 10.6. The standard InChI is InChI=1S/C11H8N4OS/c16-11(15-4-3-12-6-15)14-8-1-2-9-10(5-8)17-7-13-9/h1-7H,(H,14,16). The minimum Gasteiger partial charge on any atom is -0.307 e. The number of anilines is 1. The highest BCUT2D eigenvalue weighted by Gasteiger charge is 2.05. The van der Waals surface area contributed by atoms with E-state index in [4.69, 9.17) is 0 Å². The number of carbonyl (C=O) groups is 1. The number of rotatable bonds is 1. The van der Waals surface area contributed by atoms with Crippen LogP contribution < -0.4 is 5.32 Å². The van der Waals surface area contributed by atoms with Gasteiger partial charge in [0.05, 0.1) is 15.7 Å². The third kappa shape index (κ3) is 1.90. The summed E-state index contributed by atoms with van der Waals surface area (Å²) < 4.78 is 2.44. The largest absolute Gasteiger partial charge is 0.331 e. The van der Waals surface area contributed by atoms with E-state index in [0.29, 0.717) is 0 Å². The molecule has 0 fully saturated rings. The third-order valence-electron chi connectivity index (χ3n) is 2.32. The molecule has 1 aromatic carbocycles. The summed E-state index contributed by atoms with van der Waals surface area (Å²) in [5, 5.41) is 2.79. The summed E-state index contributed by atoms with van der Waals surface area (Å²) in [5.74, 6) is 0. The number of hydrogen-bond acceptors (Lipinski definition) is 4.